The van der Waals surface area contributed by atoms with Gasteiger partial charge in [0.25, 0.3) is 0 Å². The average Bonchev–Trinajstić information content (AvgIpc) is 2.73. The molecular weight excluding hydrogens is 423 g/mol. The smallest absolute Gasteiger partial charge is 0.411 e. The van der Waals surface area contributed by atoms with Crippen LogP contribution in [0.25, 0.3) is 0 Å². The summed E-state index contributed by atoms with van der Waals surface area (Å²) in [6, 6.07) is 10.2. The lowest BCUT2D eigenvalue weighted by Gasteiger charge is -2.18. The van der Waals surface area contributed by atoms with Crippen molar-refractivity contribution >= 4 is 47.6 Å². The van der Waals surface area contributed by atoms with Crippen LogP contribution in [0.15, 0.2) is 42.5 Å². The van der Waals surface area contributed by atoms with Gasteiger partial charge in [0.1, 0.15) is 11.9 Å². The van der Waals surface area contributed by atoms with Crippen molar-refractivity contribution in [3.8, 4) is 0 Å². The SMILES string of the molecule is CCOC(=O)Nc1ccc(NCc2ccc(F)cc2)cc1NC(=O)[C@H](CS)NC(C)=O. The number of halogens is 1. The van der Waals surface area contributed by atoms with E-state index in [2.05, 4.69) is 33.9 Å². The van der Waals surface area contributed by atoms with Gasteiger partial charge in [0.05, 0.1) is 18.0 Å². The van der Waals surface area contributed by atoms with Crippen LogP contribution in [0, 0.1) is 5.82 Å². The zero-order valence-corrected chi connectivity index (χ0v) is 18.1. The van der Waals surface area contributed by atoms with Gasteiger partial charge in [-0.15, -0.1) is 0 Å². The molecule has 0 fully saturated rings. The fraction of sp³-hybridized carbons (Fsp3) is 0.286. The third-order valence-corrected chi connectivity index (χ3v) is 4.44. The van der Waals surface area contributed by atoms with E-state index in [0.717, 1.165) is 5.56 Å². The van der Waals surface area contributed by atoms with Gasteiger partial charge in [-0.3, -0.25) is 14.9 Å². The maximum Gasteiger partial charge on any atom is 0.411 e. The largest absolute Gasteiger partial charge is 0.450 e. The first-order valence-electron chi connectivity index (χ1n) is 9.57. The summed E-state index contributed by atoms with van der Waals surface area (Å²) in [6.07, 6.45) is -0.669. The molecule has 1 atom stereocenters. The molecule has 0 aliphatic rings. The number of thiol groups is 1. The Morgan fingerprint density at radius 2 is 1.77 bits per heavy atom. The van der Waals surface area contributed by atoms with Crippen LogP contribution < -0.4 is 21.3 Å². The highest BCUT2D eigenvalue weighted by atomic mass is 32.1. The van der Waals surface area contributed by atoms with Gasteiger partial charge in [-0.25, -0.2) is 9.18 Å². The first-order valence-corrected chi connectivity index (χ1v) is 10.2. The summed E-state index contributed by atoms with van der Waals surface area (Å²) < 4.78 is 18.0. The minimum atomic E-state index is -0.855. The molecule has 31 heavy (non-hydrogen) atoms. The summed E-state index contributed by atoms with van der Waals surface area (Å²) >= 11 is 4.10. The van der Waals surface area contributed by atoms with Gasteiger partial charge in [-0.2, -0.15) is 12.6 Å². The van der Waals surface area contributed by atoms with E-state index in [0.29, 0.717) is 23.6 Å². The number of nitrogens with one attached hydrogen (secondary N) is 4. The summed E-state index contributed by atoms with van der Waals surface area (Å²) in [5, 5.41) is 11.0. The lowest BCUT2D eigenvalue weighted by atomic mass is 10.2. The molecule has 0 heterocycles. The van der Waals surface area contributed by atoms with Gasteiger partial charge in [0, 0.05) is 24.9 Å². The summed E-state index contributed by atoms with van der Waals surface area (Å²) in [5.74, 6) is -1.09. The van der Waals surface area contributed by atoms with E-state index in [1.165, 1.54) is 19.1 Å². The van der Waals surface area contributed by atoms with Gasteiger partial charge < -0.3 is 20.7 Å². The Morgan fingerprint density at radius 1 is 1.06 bits per heavy atom. The van der Waals surface area contributed by atoms with Crippen molar-refractivity contribution in [1.29, 1.82) is 0 Å². The van der Waals surface area contributed by atoms with E-state index < -0.39 is 18.0 Å². The molecule has 0 aliphatic carbocycles. The van der Waals surface area contributed by atoms with E-state index in [9.17, 15) is 18.8 Å². The normalized spacial score (nSPS) is 11.2. The van der Waals surface area contributed by atoms with Gasteiger partial charge >= 0.3 is 6.09 Å². The number of carbonyl (C=O) groups excluding carboxylic acids is 3. The van der Waals surface area contributed by atoms with Crippen molar-refractivity contribution in [2.75, 3.05) is 28.3 Å². The molecule has 10 heteroatoms. The maximum atomic E-state index is 13.1. The molecular formula is C21H25FN4O4S. The van der Waals surface area contributed by atoms with E-state index in [-0.39, 0.29) is 24.1 Å². The highest BCUT2D eigenvalue weighted by Gasteiger charge is 2.20. The van der Waals surface area contributed by atoms with Gasteiger partial charge in [0.2, 0.25) is 11.8 Å². The molecule has 2 aromatic rings. The Morgan fingerprint density at radius 3 is 2.39 bits per heavy atom. The fourth-order valence-corrected chi connectivity index (χ4v) is 2.87. The van der Waals surface area contributed by atoms with E-state index in [1.807, 2.05) is 0 Å². The number of benzene rings is 2. The first-order chi connectivity index (χ1) is 14.8. The van der Waals surface area contributed by atoms with Crippen molar-refractivity contribution in [3.05, 3.63) is 53.8 Å². The van der Waals surface area contributed by atoms with Crippen LogP contribution in [0.1, 0.15) is 19.4 Å². The molecule has 0 saturated carbocycles. The minimum absolute atomic E-state index is 0.0918. The molecule has 0 bridgehead atoms. The molecule has 0 unspecified atom stereocenters. The van der Waals surface area contributed by atoms with Crippen LogP contribution in [-0.4, -0.2) is 36.3 Å². The number of rotatable bonds is 9. The van der Waals surface area contributed by atoms with E-state index in [1.54, 1.807) is 37.3 Å². The molecule has 0 radical (unpaired) electrons. The quantitative estimate of drug-likeness (QED) is 0.378. The predicted molar refractivity (Wildman–Crippen MR) is 121 cm³/mol. The third kappa shape index (κ3) is 7.82. The molecule has 4 N–H and O–H groups in total. The van der Waals surface area contributed by atoms with E-state index in [4.69, 9.17) is 4.74 Å². The molecule has 0 saturated heterocycles. The average molecular weight is 449 g/mol. The summed E-state index contributed by atoms with van der Waals surface area (Å²) in [7, 11) is 0. The van der Waals surface area contributed by atoms with Crippen LogP contribution in [0.3, 0.4) is 0 Å². The topological polar surface area (TPSA) is 109 Å². The van der Waals surface area contributed by atoms with Crippen LogP contribution in [0.4, 0.5) is 26.2 Å². The third-order valence-electron chi connectivity index (χ3n) is 4.08. The molecule has 2 aromatic carbocycles. The summed E-state index contributed by atoms with van der Waals surface area (Å²) in [6.45, 7) is 3.59. The molecule has 2 rings (SSSR count). The molecule has 166 valence electrons. The second kappa shape index (κ2) is 11.8. The predicted octanol–water partition coefficient (Wildman–Crippen LogP) is 3.38. The highest BCUT2D eigenvalue weighted by Crippen LogP contribution is 2.27. The number of carbonyl (C=O) groups is 3. The molecule has 0 spiro atoms. The number of anilines is 3. The zero-order chi connectivity index (χ0) is 22.8. The van der Waals surface area contributed by atoms with Crippen molar-refractivity contribution in [1.82, 2.24) is 5.32 Å². The van der Waals surface area contributed by atoms with Crippen molar-refractivity contribution < 1.29 is 23.5 Å². The van der Waals surface area contributed by atoms with Gasteiger partial charge in [-0.05, 0) is 42.8 Å². The molecule has 0 aliphatic heterocycles. The Bertz CT molecular complexity index is 924. The van der Waals surface area contributed by atoms with E-state index >= 15 is 0 Å². The van der Waals surface area contributed by atoms with Crippen LogP contribution >= 0.6 is 12.6 Å². The second-order valence-corrected chi connectivity index (χ2v) is 6.88. The Kier molecular flexibility index (Phi) is 9.13. The fourth-order valence-electron chi connectivity index (χ4n) is 2.61. The summed E-state index contributed by atoms with van der Waals surface area (Å²) in [5.41, 5.74) is 2.14. The Balaban J connectivity index is 2.21. The van der Waals surface area contributed by atoms with Gasteiger partial charge in [0.15, 0.2) is 0 Å². The summed E-state index contributed by atoms with van der Waals surface area (Å²) in [4.78, 5) is 35.8. The number of amides is 3. The maximum absolute atomic E-state index is 13.1. The molecule has 3 amide bonds. The Labute approximate surface area is 185 Å². The van der Waals surface area contributed by atoms with Crippen molar-refractivity contribution in [2.45, 2.75) is 26.4 Å². The zero-order valence-electron chi connectivity index (χ0n) is 17.2. The molecule has 8 nitrogen and oxygen atoms in total. The second-order valence-electron chi connectivity index (χ2n) is 6.51. The van der Waals surface area contributed by atoms with Crippen molar-refractivity contribution in [2.24, 2.45) is 0 Å². The molecule has 0 aromatic heterocycles. The lowest BCUT2D eigenvalue weighted by molar-refractivity contribution is -0.124. The van der Waals surface area contributed by atoms with Crippen LogP contribution in [0.5, 0.6) is 0 Å². The van der Waals surface area contributed by atoms with Crippen LogP contribution in [-0.2, 0) is 20.9 Å². The van der Waals surface area contributed by atoms with Crippen molar-refractivity contribution in [3.63, 3.8) is 0 Å². The monoisotopic (exact) mass is 448 g/mol. The minimum Gasteiger partial charge on any atom is -0.450 e. The number of hydrogen-bond donors (Lipinski definition) is 5. The lowest BCUT2D eigenvalue weighted by Crippen LogP contribution is -2.44. The standard InChI is InChI=1S/C21H25FN4O4S/c1-3-30-21(29)26-17-9-8-16(23-11-14-4-6-15(22)7-5-14)10-18(17)25-20(28)19(12-31)24-13(2)27/h4-10,19,23,31H,3,11-12H2,1-2H3,(H,24,27)(H,25,28)(H,26,29)/t19-/m0/s1. The van der Waals surface area contributed by atoms with Crippen LogP contribution in [0.2, 0.25) is 0 Å². The first kappa shape index (κ1) is 24.0. The number of hydrogen-bond acceptors (Lipinski definition) is 6. The Hall–Kier alpha value is -3.27. The van der Waals surface area contributed by atoms with Gasteiger partial charge in [-0.1, -0.05) is 12.1 Å². The highest BCUT2D eigenvalue weighted by molar-refractivity contribution is 7.80. The number of ether oxygens (including phenoxy) is 1.